The molecule has 6 N–H and O–H groups in total. The number of carboxylic acids is 1. The van der Waals surface area contributed by atoms with E-state index in [0.29, 0.717) is 16.1 Å². The zero-order valence-electron chi connectivity index (χ0n) is 16.6. The lowest BCUT2D eigenvalue weighted by Crippen LogP contribution is -2.19. The Morgan fingerprint density at radius 2 is 1.77 bits per heavy atom. The molecule has 1 aromatic heterocycles. The maximum atomic E-state index is 12.2. The van der Waals surface area contributed by atoms with Crippen LogP contribution in [0.15, 0.2) is 48.5 Å². The quantitative estimate of drug-likeness (QED) is 0.361. The van der Waals surface area contributed by atoms with E-state index in [0.717, 1.165) is 22.8 Å². The van der Waals surface area contributed by atoms with Crippen LogP contribution in [0.2, 0.25) is 0 Å². The van der Waals surface area contributed by atoms with Crippen LogP contribution in [0.25, 0.3) is 10.4 Å². The van der Waals surface area contributed by atoms with Crippen molar-refractivity contribution in [1.29, 1.82) is 0 Å². The normalized spacial score (nSPS) is 10.4. The number of urea groups is 1. The molecule has 0 aliphatic heterocycles. The lowest BCUT2D eigenvalue weighted by Gasteiger charge is -2.10. The molecule has 0 unspecified atom stereocenters. The fourth-order valence-electron chi connectivity index (χ4n) is 2.83. The highest BCUT2D eigenvalue weighted by atomic mass is 32.1. The molecule has 0 saturated heterocycles. The summed E-state index contributed by atoms with van der Waals surface area (Å²) in [7, 11) is 0. The molecule has 2 aromatic carbocycles. The molecule has 1 heterocycles. The van der Waals surface area contributed by atoms with E-state index in [4.69, 9.17) is 10.8 Å². The third kappa shape index (κ3) is 5.58. The van der Waals surface area contributed by atoms with E-state index in [1.54, 1.807) is 24.3 Å². The fraction of sp³-hybridized carbons (Fsp3) is 0.143. The van der Waals surface area contributed by atoms with Gasteiger partial charge in [-0.05, 0) is 47.8 Å². The summed E-state index contributed by atoms with van der Waals surface area (Å²) in [4.78, 5) is 35.4. The molecule has 0 fully saturated rings. The molecule has 0 spiro atoms. The Balaban J connectivity index is 1.71. The average molecular weight is 439 g/mol. The van der Waals surface area contributed by atoms with Crippen molar-refractivity contribution in [2.75, 3.05) is 22.5 Å². The van der Waals surface area contributed by atoms with Crippen molar-refractivity contribution in [3.63, 3.8) is 0 Å². The Morgan fingerprint density at radius 3 is 2.42 bits per heavy atom. The number of nitrogens with one attached hydrogen (secondary N) is 3. The van der Waals surface area contributed by atoms with Gasteiger partial charge >= 0.3 is 12.0 Å². The summed E-state index contributed by atoms with van der Waals surface area (Å²) < 4.78 is 4.19. The molecule has 0 radical (unpaired) electrons. The molecule has 0 atom stereocenters. The number of carbonyl (C=O) groups excluding carboxylic acids is 2. The predicted molar refractivity (Wildman–Crippen MR) is 121 cm³/mol. The minimum absolute atomic E-state index is 0.115. The van der Waals surface area contributed by atoms with Crippen molar-refractivity contribution in [2.45, 2.75) is 13.3 Å². The van der Waals surface area contributed by atoms with E-state index in [1.165, 1.54) is 0 Å². The third-order valence-electron chi connectivity index (χ3n) is 4.37. The SMILES string of the molecule is Cc1ccccc1NC(=O)Nc1ccc(-c2snc(NCCC(=O)O)c2C(N)=O)cc1. The first kappa shape index (κ1) is 21.8. The molecule has 3 rings (SSSR count). The molecule has 0 aliphatic carbocycles. The van der Waals surface area contributed by atoms with Crippen molar-refractivity contribution in [2.24, 2.45) is 5.73 Å². The van der Waals surface area contributed by atoms with Gasteiger partial charge in [-0.1, -0.05) is 30.3 Å². The van der Waals surface area contributed by atoms with Crippen molar-refractivity contribution in [3.05, 3.63) is 59.7 Å². The number of primary amides is 1. The van der Waals surface area contributed by atoms with E-state index in [1.807, 2.05) is 31.2 Å². The van der Waals surface area contributed by atoms with Crippen LogP contribution in [0, 0.1) is 6.92 Å². The van der Waals surface area contributed by atoms with Gasteiger partial charge in [0.25, 0.3) is 5.91 Å². The number of aliphatic carboxylic acids is 1. The third-order valence-corrected chi connectivity index (χ3v) is 5.26. The van der Waals surface area contributed by atoms with E-state index in [-0.39, 0.29) is 30.4 Å². The van der Waals surface area contributed by atoms with Gasteiger partial charge in [-0.25, -0.2) is 4.79 Å². The summed E-state index contributed by atoms with van der Waals surface area (Å²) in [6.07, 6.45) is -0.115. The Labute approximate surface area is 182 Å². The molecule has 160 valence electrons. The lowest BCUT2D eigenvalue weighted by atomic mass is 10.1. The largest absolute Gasteiger partial charge is 0.481 e. The van der Waals surface area contributed by atoms with Gasteiger partial charge in [-0.2, -0.15) is 4.37 Å². The Morgan fingerprint density at radius 1 is 1.06 bits per heavy atom. The number of nitrogens with zero attached hydrogens (tertiary/aromatic N) is 1. The van der Waals surface area contributed by atoms with Gasteiger partial charge in [-0.3, -0.25) is 9.59 Å². The molecule has 31 heavy (non-hydrogen) atoms. The summed E-state index contributed by atoms with van der Waals surface area (Å²) in [5.74, 6) is -1.37. The molecule has 0 bridgehead atoms. The maximum Gasteiger partial charge on any atom is 0.323 e. The lowest BCUT2D eigenvalue weighted by molar-refractivity contribution is -0.136. The first-order chi connectivity index (χ1) is 14.8. The number of para-hydroxylation sites is 1. The number of amides is 3. The number of anilines is 3. The summed E-state index contributed by atoms with van der Waals surface area (Å²) in [6, 6.07) is 14.0. The molecule has 3 aromatic rings. The van der Waals surface area contributed by atoms with Crippen molar-refractivity contribution < 1.29 is 19.5 Å². The van der Waals surface area contributed by atoms with Gasteiger partial charge in [0.2, 0.25) is 0 Å². The van der Waals surface area contributed by atoms with Gasteiger partial charge in [0.15, 0.2) is 5.82 Å². The standard InChI is InChI=1S/C21H21N5O4S/c1-12-4-2-3-5-15(12)25-21(30)24-14-8-6-13(7-9-14)18-17(19(22)29)20(26-31-18)23-11-10-16(27)28/h2-9H,10-11H2,1H3,(H2,22,29)(H,23,26)(H,27,28)(H2,24,25,30). The molecule has 9 nitrogen and oxygen atoms in total. The highest BCUT2D eigenvalue weighted by Gasteiger charge is 2.20. The number of hydrogen-bond donors (Lipinski definition) is 5. The second-order valence-corrected chi connectivity index (χ2v) is 7.41. The zero-order chi connectivity index (χ0) is 22.4. The topological polar surface area (TPSA) is 146 Å². The predicted octanol–water partition coefficient (Wildman–Crippen LogP) is 3.75. The van der Waals surface area contributed by atoms with Crippen molar-refractivity contribution in [1.82, 2.24) is 4.37 Å². The number of carbonyl (C=O) groups is 3. The van der Waals surface area contributed by atoms with Gasteiger partial charge in [-0.15, -0.1) is 0 Å². The minimum Gasteiger partial charge on any atom is -0.481 e. The summed E-state index contributed by atoms with van der Waals surface area (Å²) >= 11 is 1.08. The van der Waals surface area contributed by atoms with Crippen LogP contribution in [-0.2, 0) is 4.79 Å². The van der Waals surface area contributed by atoms with Crippen LogP contribution in [0.4, 0.5) is 22.0 Å². The van der Waals surface area contributed by atoms with Crippen LogP contribution < -0.4 is 21.7 Å². The second kappa shape index (κ2) is 9.72. The molecule has 3 amide bonds. The summed E-state index contributed by atoms with van der Waals surface area (Å²) in [5.41, 5.74) is 8.65. The van der Waals surface area contributed by atoms with Gasteiger partial charge in [0.1, 0.15) is 5.56 Å². The number of aryl methyl sites for hydroxylation is 1. The van der Waals surface area contributed by atoms with Crippen LogP contribution in [0.1, 0.15) is 22.3 Å². The van der Waals surface area contributed by atoms with Crippen LogP contribution >= 0.6 is 11.5 Å². The molecular weight excluding hydrogens is 418 g/mol. The summed E-state index contributed by atoms with van der Waals surface area (Å²) in [5, 5.41) is 17.1. The maximum absolute atomic E-state index is 12.2. The number of aromatic nitrogens is 1. The van der Waals surface area contributed by atoms with Gasteiger partial charge in [0.05, 0.1) is 11.3 Å². The van der Waals surface area contributed by atoms with Crippen LogP contribution in [0.5, 0.6) is 0 Å². The molecule has 0 aliphatic rings. The average Bonchev–Trinajstić information content (AvgIpc) is 3.14. The number of rotatable bonds is 8. The zero-order valence-corrected chi connectivity index (χ0v) is 17.5. The minimum atomic E-state index is -0.960. The van der Waals surface area contributed by atoms with Crippen LogP contribution in [0.3, 0.4) is 0 Å². The van der Waals surface area contributed by atoms with E-state index >= 15 is 0 Å². The highest BCUT2D eigenvalue weighted by Crippen LogP contribution is 2.33. The van der Waals surface area contributed by atoms with Crippen LogP contribution in [-0.4, -0.2) is 33.9 Å². The van der Waals surface area contributed by atoms with E-state index < -0.39 is 11.9 Å². The number of nitrogens with two attached hydrogens (primary N) is 1. The smallest absolute Gasteiger partial charge is 0.323 e. The van der Waals surface area contributed by atoms with E-state index in [2.05, 4.69) is 20.3 Å². The Bertz CT molecular complexity index is 1110. The second-order valence-electron chi connectivity index (χ2n) is 6.64. The van der Waals surface area contributed by atoms with E-state index in [9.17, 15) is 14.4 Å². The first-order valence-corrected chi connectivity index (χ1v) is 10.1. The number of benzene rings is 2. The molecular formula is C21H21N5O4S. The Hall–Kier alpha value is -3.92. The Kier molecular flexibility index (Phi) is 6.83. The highest BCUT2D eigenvalue weighted by molar-refractivity contribution is 7.10. The summed E-state index contributed by atoms with van der Waals surface area (Å²) in [6.45, 7) is 2.03. The first-order valence-electron chi connectivity index (χ1n) is 9.34. The van der Waals surface area contributed by atoms with Crippen molar-refractivity contribution in [3.8, 4) is 10.4 Å². The van der Waals surface area contributed by atoms with Gasteiger partial charge < -0.3 is 26.8 Å². The van der Waals surface area contributed by atoms with Crippen molar-refractivity contribution >= 4 is 46.6 Å². The van der Waals surface area contributed by atoms with Gasteiger partial charge in [0, 0.05) is 17.9 Å². The number of hydrogen-bond acceptors (Lipinski definition) is 6. The molecule has 10 heteroatoms. The number of carboxylic acid groups (broad SMARTS) is 1. The fourth-order valence-corrected chi connectivity index (χ4v) is 3.70. The monoisotopic (exact) mass is 439 g/mol. The molecule has 0 saturated carbocycles.